The number of hydrogen-bond donors (Lipinski definition) is 2. The number of carbonyl (C=O) groups is 1. The summed E-state index contributed by atoms with van der Waals surface area (Å²) in [5.41, 5.74) is 7.31. The van der Waals surface area contributed by atoms with Crippen LogP contribution in [0.1, 0.15) is 21.1 Å². The highest BCUT2D eigenvalue weighted by Crippen LogP contribution is 2.28. The summed E-state index contributed by atoms with van der Waals surface area (Å²) in [4.78, 5) is 16.4. The second-order valence-electron chi connectivity index (χ2n) is 4.23. The molecule has 0 saturated heterocycles. The lowest BCUT2D eigenvalue weighted by molar-refractivity contribution is 0.0954. The van der Waals surface area contributed by atoms with Crippen LogP contribution in [0.5, 0.6) is 0 Å². The number of thiazole rings is 1. The van der Waals surface area contributed by atoms with Crippen molar-refractivity contribution >= 4 is 46.1 Å². The SMILES string of the molecule is Cc1nc(CCNC(=O)c2cc(N)cc(Cl)c2Cl)cs1. The van der Waals surface area contributed by atoms with Crippen molar-refractivity contribution < 1.29 is 4.79 Å². The van der Waals surface area contributed by atoms with E-state index in [4.69, 9.17) is 28.9 Å². The number of rotatable bonds is 4. The molecule has 0 unspecified atom stereocenters. The molecule has 1 amide bonds. The van der Waals surface area contributed by atoms with Crippen molar-refractivity contribution in [2.45, 2.75) is 13.3 Å². The molecule has 0 bridgehead atoms. The van der Waals surface area contributed by atoms with E-state index in [1.807, 2.05) is 12.3 Å². The molecular weight excluding hydrogens is 317 g/mol. The molecule has 0 aliphatic rings. The number of benzene rings is 1. The molecular formula is C13H13Cl2N3OS. The first-order chi connectivity index (χ1) is 9.47. The largest absolute Gasteiger partial charge is 0.399 e. The van der Waals surface area contributed by atoms with Crippen molar-refractivity contribution in [3.63, 3.8) is 0 Å². The van der Waals surface area contributed by atoms with Crippen molar-refractivity contribution in [2.75, 3.05) is 12.3 Å². The Labute approximate surface area is 130 Å². The van der Waals surface area contributed by atoms with Crippen molar-refractivity contribution in [2.24, 2.45) is 0 Å². The summed E-state index contributed by atoms with van der Waals surface area (Å²) in [6, 6.07) is 3.02. The van der Waals surface area contributed by atoms with E-state index >= 15 is 0 Å². The number of halogens is 2. The number of aryl methyl sites for hydroxylation is 1. The third-order valence-corrected chi connectivity index (χ3v) is 4.25. The van der Waals surface area contributed by atoms with Gasteiger partial charge in [0.15, 0.2) is 0 Å². The van der Waals surface area contributed by atoms with Crippen molar-refractivity contribution in [1.82, 2.24) is 10.3 Å². The average Bonchev–Trinajstić information content (AvgIpc) is 2.79. The predicted octanol–water partition coefficient (Wildman–Crippen LogP) is 3.31. The molecule has 0 spiro atoms. The molecule has 0 radical (unpaired) electrons. The van der Waals surface area contributed by atoms with E-state index in [1.54, 1.807) is 11.3 Å². The highest BCUT2D eigenvalue weighted by atomic mass is 35.5. The Kier molecular flexibility index (Phi) is 4.86. The third kappa shape index (κ3) is 3.62. The van der Waals surface area contributed by atoms with Gasteiger partial charge in [-0.3, -0.25) is 4.79 Å². The zero-order valence-corrected chi connectivity index (χ0v) is 13.1. The molecule has 0 fully saturated rings. The Morgan fingerprint density at radius 3 is 2.85 bits per heavy atom. The van der Waals surface area contributed by atoms with Crippen LogP contribution in [0.15, 0.2) is 17.5 Å². The van der Waals surface area contributed by atoms with Crippen molar-refractivity contribution in [3.05, 3.63) is 43.8 Å². The molecule has 1 heterocycles. The van der Waals surface area contributed by atoms with E-state index in [0.717, 1.165) is 10.7 Å². The summed E-state index contributed by atoms with van der Waals surface area (Å²) in [6.07, 6.45) is 0.670. The molecule has 1 aromatic heterocycles. The molecule has 4 nitrogen and oxygen atoms in total. The van der Waals surface area contributed by atoms with Crippen LogP contribution in [0.3, 0.4) is 0 Å². The van der Waals surface area contributed by atoms with Crippen LogP contribution in [0.2, 0.25) is 10.0 Å². The zero-order chi connectivity index (χ0) is 14.7. The van der Waals surface area contributed by atoms with Gasteiger partial charge in [0, 0.05) is 24.0 Å². The quantitative estimate of drug-likeness (QED) is 0.845. The summed E-state index contributed by atoms with van der Waals surface area (Å²) in [5.74, 6) is -0.295. The van der Waals surface area contributed by atoms with Gasteiger partial charge in [-0.1, -0.05) is 23.2 Å². The first-order valence-electron chi connectivity index (χ1n) is 5.91. The Morgan fingerprint density at radius 1 is 1.45 bits per heavy atom. The van der Waals surface area contributed by atoms with E-state index in [2.05, 4.69) is 10.3 Å². The van der Waals surface area contributed by atoms with Crippen LogP contribution >= 0.6 is 34.5 Å². The van der Waals surface area contributed by atoms with Gasteiger partial charge in [0.25, 0.3) is 5.91 Å². The molecule has 0 aliphatic heterocycles. The van der Waals surface area contributed by atoms with E-state index in [-0.39, 0.29) is 21.5 Å². The maximum absolute atomic E-state index is 12.0. The fourth-order valence-electron chi connectivity index (χ4n) is 1.70. The average molecular weight is 330 g/mol. The molecule has 0 saturated carbocycles. The summed E-state index contributed by atoms with van der Waals surface area (Å²) >= 11 is 13.5. The van der Waals surface area contributed by atoms with Crippen molar-refractivity contribution in [1.29, 1.82) is 0 Å². The molecule has 20 heavy (non-hydrogen) atoms. The van der Waals surface area contributed by atoms with Crippen LogP contribution in [0.25, 0.3) is 0 Å². The molecule has 0 aliphatic carbocycles. The number of hydrogen-bond acceptors (Lipinski definition) is 4. The second kappa shape index (κ2) is 6.43. The lowest BCUT2D eigenvalue weighted by Crippen LogP contribution is -2.26. The highest BCUT2D eigenvalue weighted by molar-refractivity contribution is 7.09. The van der Waals surface area contributed by atoms with Gasteiger partial charge in [-0.2, -0.15) is 0 Å². The van der Waals surface area contributed by atoms with Gasteiger partial charge >= 0.3 is 0 Å². The minimum Gasteiger partial charge on any atom is -0.399 e. The molecule has 3 N–H and O–H groups in total. The van der Waals surface area contributed by atoms with Gasteiger partial charge in [0.05, 0.1) is 26.3 Å². The van der Waals surface area contributed by atoms with Crippen LogP contribution in [-0.2, 0) is 6.42 Å². The summed E-state index contributed by atoms with van der Waals surface area (Å²) in [5, 5.41) is 6.25. The molecule has 106 valence electrons. The molecule has 2 aromatic rings. The first kappa shape index (κ1) is 15.1. The number of anilines is 1. The Morgan fingerprint density at radius 2 is 2.20 bits per heavy atom. The van der Waals surface area contributed by atoms with E-state index in [1.165, 1.54) is 12.1 Å². The van der Waals surface area contributed by atoms with E-state index < -0.39 is 0 Å². The standard InChI is InChI=1S/C13H13Cl2N3OS/c1-7-18-9(6-20-7)2-3-17-13(19)10-4-8(16)5-11(14)12(10)15/h4-6H,2-3,16H2,1H3,(H,17,19). The molecule has 0 atom stereocenters. The second-order valence-corrected chi connectivity index (χ2v) is 6.08. The number of nitrogens with zero attached hydrogens (tertiary/aromatic N) is 1. The Hall–Kier alpha value is -1.30. The fourth-order valence-corrected chi connectivity index (χ4v) is 2.77. The van der Waals surface area contributed by atoms with Gasteiger partial charge in [0.2, 0.25) is 0 Å². The maximum Gasteiger partial charge on any atom is 0.252 e. The number of nitrogens with one attached hydrogen (secondary N) is 1. The van der Waals surface area contributed by atoms with Gasteiger partial charge in [0.1, 0.15) is 0 Å². The molecule has 1 aromatic carbocycles. The van der Waals surface area contributed by atoms with Crippen LogP contribution in [0, 0.1) is 6.92 Å². The lowest BCUT2D eigenvalue weighted by Gasteiger charge is -2.08. The molecule has 2 rings (SSSR count). The van der Waals surface area contributed by atoms with Crippen LogP contribution < -0.4 is 11.1 Å². The summed E-state index contributed by atoms with van der Waals surface area (Å²) in [6.45, 7) is 2.42. The molecule has 7 heteroatoms. The Balaban J connectivity index is 1.98. The monoisotopic (exact) mass is 329 g/mol. The number of nitrogen functional groups attached to an aromatic ring is 1. The van der Waals surface area contributed by atoms with Crippen molar-refractivity contribution in [3.8, 4) is 0 Å². The fraction of sp³-hybridized carbons (Fsp3) is 0.231. The minimum absolute atomic E-state index is 0.211. The highest BCUT2D eigenvalue weighted by Gasteiger charge is 2.14. The number of amides is 1. The minimum atomic E-state index is -0.295. The predicted molar refractivity (Wildman–Crippen MR) is 83.8 cm³/mol. The number of carbonyl (C=O) groups excluding carboxylic acids is 1. The topological polar surface area (TPSA) is 68.0 Å². The maximum atomic E-state index is 12.0. The number of aromatic nitrogens is 1. The van der Waals surface area contributed by atoms with Gasteiger partial charge in [-0.25, -0.2) is 4.98 Å². The normalized spacial score (nSPS) is 10.6. The van der Waals surface area contributed by atoms with Crippen LogP contribution in [0.4, 0.5) is 5.69 Å². The summed E-state index contributed by atoms with van der Waals surface area (Å²) in [7, 11) is 0. The van der Waals surface area contributed by atoms with Gasteiger partial charge in [-0.15, -0.1) is 11.3 Å². The third-order valence-electron chi connectivity index (χ3n) is 2.63. The van der Waals surface area contributed by atoms with E-state index in [9.17, 15) is 4.79 Å². The zero-order valence-electron chi connectivity index (χ0n) is 10.7. The first-order valence-corrected chi connectivity index (χ1v) is 7.54. The lowest BCUT2D eigenvalue weighted by atomic mass is 10.2. The number of nitrogens with two attached hydrogens (primary N) is 1. The van der Waals surface area contributed by atoms with Gasteiger partial charge in [-0.05, 0) is 19.1 Å². The Bertz CT molecular complexity index is 643. The van der Waals surface area contributed by atoms with E-state index in [0.29, 0.717) is 18.7 Å². The summed E-state index contributed by atoms with van der Waals surface area (Å²) < 4.78 is 0. The smallest absolute Gasteiger partial charge is 0.252 e. The van der Waals surface area contributed by atoms with Crippen LogP contribution in [-0.4, -0.2) is 17.4 Å². The van der Waals surface area contributed by atoms with Gasteiger partial charge < -0.3 is 11.1 Å².